The molecule has 0 saturated carbocycles. The van der Waals surface area contributed by atoms with E-state index in [4.69, 9.17) is 0 Å². The van der Waals surface area contributed by atoms with Crippen LogP contribution >= 0.6 is 0 Å². The van der Waals surface area contributed by atoms with E-state index in [0.29, 0.717) is 0 Å². The van der Waals surface area contributed by atoms with E-state index in [2.05, 4.69) is 52.0 Å². The standard InChI is InChI=1S/C8H10.C6H14.3C2H6/c1-2-8-6-4-3-5-7-8;1-4-5-6(2)3;3*1-2/h3-7H,2H2,1H3;6H,4-5H2,1-3H3;3*1-2H3. The second kappa shape index (κ2) is 30.9. The monoisotopic (exact) mass is 282 g/mol. The van der Waals surface area contributed by atoms with Crippen LogP contribution in [0.1, 0.15) is 87.6 Å². The predicted octanol–water partition coefficient (Wildman–Crippen LogP) is 7.77. The molecule has 0 unspecified atom stereocenters. The van der Waals surface area contributed by atoms with Crippen LogP contribution in [-0.2, 0) is 6.42 Å². The maximum Gasteiger partial charge on any atom is -0.0307 e. The van der Waals surface area contributed by atoms with Crippen LogP contribution in [0.15, 0.2) is 30.3 Å². The van der Waals surface area contributed by atoms with E-state index >= 15 is 0 Å². The Morgan fingerprint density at radius 1 is 0.750 bits per heavy atom. The zero-order valence-electron chi connectivity index (χ0n) is 16.1. The van der Waals surface area contributed by atoms with Crippen molar-refractivity contribution in [3.05, 3.63) is 35.9 Å². The maximum absolute atomic E-state index is 2.25. The van der Waals surface area contributed by atoms with Crippen LogP contribution in [-0.4, -0.2) is 0 Å². The third-order valence-corrected chi connectivity index (χ3v) is 2.12. The fraction of sp³-hybridized carbons (Fsp3) is 0.700. The van der Waals surface area contributed by atoms with Gasteiger partial charge in [-0.05, 0) is 17.9 Å². The van der Waals surface area contributed by atoms with Crippen molar-refractivity contribution in [1.29, 1.82) is 0 Å². The molecule has 0 aliphatic rings. The largest absolute Gasteiger partial charge is 0.0683 e. The predicted molar refractivity (Wildman–Crippen MR) is 99.6 cm³/mol. The van der Waals surface area contributed by atoms with Crippen LogP contribution in [0.2, 0.25) is 0 Å². The fourth-order valence-corrected chi connectivity index (χ4v) is 1.29. The lowest BCUT2D eigenvalue weighted by Gasteiger charge is -1.95. The Bertz CT molecular complexity index is 199. The topological polar surface area (TPSA) is 0 Å². The Labute approximate surface area is 131 Å². The Kier molecular flexibility index (Phi) is 42.6. The van der Waals surface area contributed by atoms with E-state index in [-0.39, 0.29) is 0 Å². The third kappa shape index (κ3) is 30.3. The number of rotatable bonds is 3. The van der Waals surface area contributed by atoms with Crippen molar-refractivity contribution >= 4 is 0 Å². The number of benzene rings is 1. The average Bonchev–Trinajstić information content (AvgIpc) is 2.54. The molecule has 0 heterocycles. The average molecular weight is 283 g/mol. The van der Waals surface area contributed by atoms with Gasteiger partial charge in [-0.25, -0.2) is 0 Å². The second-order valence-corrected chi connectivity index (χ2v) is 4.02. The first kappa shape index (κ1) is 27.5. The first-order valence-electron chi connectivity index (χ1n) is 8.74. The fourth-order valence-electron chi connectivity index (χ4n) is 1.29. The minimum absolute atomic E-state index is 0.898. The summed E-state index contributed by atoms with van der Waals surface area (Å²) in [5, 5.41) is 0. The molecular weight excluding hydrogens is 240 g/mol. The Balaban J connectivity index is -0.0000000952. The molecule has 20 heavy (non-hydrogen) atoms. The van der Waals surface area contributed by atoms with Crippen molar-refractivity contribution in [3.8, 4) is 0 Å². The minimum Gasteiger partial charge on any atom is -0.0683 e. The summed E-state index contributed by atoms with van der Waals surface area (Å²) >= 11 is 0. The van der Waals surface area contributed by atoms with Gasteiger partial charge < -0.3 is 0 Å². The molecule has 122 valence electrons. The van der Waals surface area contributed by atoms with Crippen molar-refractivity contribution in [2.75, 3.05) is 0 Å². The Morgan fingerprint density at radius 2 is 1.15 bits per heavy atom. The van der Waals surface area contributed by atoms with Crippen molar-refractivity contribution in [1.82, 2.24) is 0 Å². The highest BCUT2D eigenvalue weighted by molar-refractivity contribution is 5.13. The summed E-state index contributed by atoms with van der Waals surface area (Å²) < 4.78 is 0. The van der Waals surface area contributed by atoms with Gasteiger partial charge in [-0.2, -0.15) is 0 Å². The smallest absolute Gasteiger partial charge is 0.0307 e. The van der Waals surface area contributed by atoms with Crippen LogP contribution in [0.25, 0.3) is 0 Å². The molecule has 1 rings (SSSR count). The molecular formula is C20H42. The number of aryl methyl sites for hydroxylation is 1. The van der Waals surface area contributed by atoms with Crippen molar-refractivity contribution in [2.24, 2.45) is 5.92 Å². The molecule has 1 aromatic carbocycles. The zero-order chi connectivity index (χ0) is 16.8. The lowest BCUT2D eigenvalue weighted by Crippen LogP contribution is -1.81. The molecule has 0 atom stereocenters. The molecule has 0 amide bonds. The molecule has 0 spiro atoms. The first-order chi connectivity index (χ1) is 9.70. The summed E-state index contributed by atoms with van der Waals surface area (Å²) in [6.07, 6.45) is 3.85. The molecule has 0 heteroatoms. The van der Waals surface area contributed by atoms with E-state index in [1.54, 1.807) is 0 Å². The molecule has 0 fully saturated rings. The lowest BCUT2D eigenvalue weighted by atomic mass is 10.1. The highest BCUT2D eigenvalue weighted by atomic mass is 13.9. The zero-order valence-corrected chi connectivity index (χ0v) is 16.1. The van der Waals surface area contributed by atoms with Gasteiger partial charge in [0.1, 0.15) is 0 Å². The van der Waals surface area contributed by atoms with Gasteiger partial charge in [-0.1, -0.05) is 112 Å². The summed E-state index contributed by atoms with van der Waals surface area (Å²) in [6.45, 7) is 20.9. The Morgan fingerprint density at radius 3 is 1.30 bits per heavy atom. The number of hydrogen-bond donors (Lipinski definition) is 0. The SMILES string of the molecule is CC.CC.CC.CCCC(C)C.CCc1ccccc1. The molecule has 0 aromatic heterocycles. The van der Waals surface area contributed by atoms with Crippen molar-refractivity contribution in [2.45, 2.75) is 88.5 Å². The van der Waals surface area contributed by atoms with E-state index < -0.39 is 0 Å². The molecule has 0 N–H and O–H groups in total. The molecule has 0 bridgehead atoms. The molecule has 0 saturated heterocycles. The van der Waals surface area contributed by atoms with Crippen molar-refractivity contribution in [3.63, 3.8) is 0 Å². The third-order valence-electron chi connectivity index (χ3n) is 2.12. The summed E-state index contributed by atoms with van der Waals surface area (Å²) in [5.41, 5.74) is 1.41. The lowest BCUT2D eigenvalue weighted by molar-refractivity contribution is 0.576. The highest BCUT2D eigenvalue weighted by Crippen LogP contribution is 2.00. The summed E-state index contributed by atoms with van der Waals surface area (Å²) in [5.74, 6) is 0.898. The van der Waals surface area contributed by atoms with Gasteiger partial charge in [-0.3, -0.25) is 0 Å². The van der Waals surface area contributed by atoms with Crippen molar-refractivity contribution < 1.29 is 0 Å². The second-order valence-electron chi connectivity index (χ2n) is 4.02. The van der Waals surface area contributed by atoms with Crippen LogP contribution in [0, 0.1) is 5.92 Å². The summed E-state index contributed by atoms with van der Waals surface area (Å²) in [6, 6.07) is 10.5. The van der Waals surface area contributed by atoms with Crippen LogP contribution in [0.4, 0.5) is 0 Å². The van der Waals surface area contributed by atoms with Gasteiger partial charge >= 0.3 is 0 Å². The van der Waals surface area contributed by atoms with Crippen LogP contribution in [0.5, 0.6) is 0 Å². The van der Waals surface area contributed by atoms with E-state index in [1.165, 1.54) is 18.4 Å². The summed E-state index contributed by atoms with van der Waals surface area (Å²) in [7, 11) is 0. The van der Waals surface area contributed by atoms with Gasteiger partial charge in [0.25, 0.3) is 0 Å². The highest BCUT2D eigenvalue weighted by Gasteiger charge is 1.85. The van der Waals surface area contributed by atoms with E-state index in [0.717, 1.165) is 12.3 Å². The molecule has 0 nitrogen and oxygen atoms in total. The molecule has 0 radical (unpaired) electrons. The van der Waals surface area contributed by atoms with Gasteiger partial charge in [0.15, 0.2) is 0 Å². The van der Waals surface area contributed by atoms with Crippen LogP contribution < -0.4 is 0 Å². The van der Waals surface area contributed by atoms with Crippen LogP contribution in [0.3, 0.4) is 0 Å². The van der Waals surface area contributed by atoms with Gasteiger partial charge in [0.05, 0.1) is 0 Å². The Hall–Kier alpha value is -0.780. The number of hydrogen-bond acceptors (Lipinski definition) is 0. The minimum atomic E-state index is 0.898. The summed E-state index contributed by atoms with van der Waals surface area (Å²) in [4.78, 5) is 0. The van der Waals surface area contributed by atoms with E-state index in [1.807, 2.05) is 47.6 Å². The molecule has 0 aliphatic heterocycles. The normalized spacial score (nSPS) is 7.55. The van der Waals surface area contributed by atoms with Gasteiger partial charge in [0.2, 0.25) is 0 Å². The molecule has 0 aliphatic carbocycles. The maximum atomic E-state index is 2.25. The van der Waals surface area contributed by atoms with Gasteiger partial charge in [-0.15, -0.1) is 0 Å². The van der Waals surface area contributed by atoms with Gasteiger partial charge in [0, 0.05) is 0 Å². The first-order valence-corrected chi connectivity index (χ1v) is 8.74. The quantitative estimate of drug-likeness (QED) is 0.531. The molecule has 1 aromatic rings. The van der Waals surface area contributed by atoms with E-state index in [9.17, 15) is 0 Å².